The molecule has 0 saturated heterocycles. The highest BCUT2D eigenvalue weighted by atomic mass is 31.2. The molecule has 0 saturated carbocycles. The summed E-state index contributed by atoms with van der Waals surface area (Å²) in [6, 6.07) is 0. The number of phosphoric acid groups is 2. The van der Waals surface area contributed by atoms with Gasteiger partial charge in [0.15, 0.2) is 0 Å². The van der Waals surface area contributed by atoms with Crippen molar-refractivity contribution in [2.24, 2.45) is 0 Å². The Morgan fingerprint density at radius 2 is 0.420 bits per heavy atom. The van der Waals surface area contributed by atoms with Crippen molar-refractivity contribution in [2.75, 3.05) is 26.4 Å². The van der Waals surface area contributed by atoms with Crippen LogP contribution in [0.1, 0.15) is 232 Å². The summed E-state index contributed by atoms with van der Waals surface area (Å²) in [7, 11) is -8.15. The Labute approximate surface area is 310 Å². The monoisotopic (exact) mass is 755 g/mol. The smallest absolute Gasteiger partial charge is 0.302 e. The Balaban J connectivity index is 3.45. The van der Waals surface area contributed by atoms with Crippen LogP contribution in [0.2, 0.25) is 0 Å². The molecule has 0 aromatic carbocycles. The lowest BCUT2D eigenvalue weighted by Gasteiger charge is -2.13. The second-order valence-corrected chi connectivity index (χ2v) is 17.5. The third kappa shape index (κ3) is 41.0. The van der Waals surface area contributed by atoms with E-state index in [1.807, 2.05) is 0 Å². The van der Waals surface area contributed by atoms with Crippen LogP contribution in [-0.4, -0.2) is 36.2 Å². The molecule has 0 spiro atoms. The molecule has 0 fully saturated rings. The first kappa shape index (κ1) is 50.2. The molecule has 0 aromatic heterocycles. The number of hydrogen-bond acceptors (Lipinski definition) is 6. The summed E-state index contributed by atoms with van der Waals surface area (Å²) >= 11 is 0. The molecule has 0 aliphatic heterocycles. The quantitative estimate of drug-likeness (QED) is 0.0467. The first-order chi connectivity index (χ1) is 24.3. The maximum atomic E-state index is 12.1. The summed E-state index contributed by atoms with van der Waals surface area (Å²) in [6.07, 6.45) is 41.6. The van der Waals surface area contributed by atoms with Crippen molar-refractivity contribution >= 4 is 15.6 Å². The zero-order chi connectivity index (χ0) is 36.7. The van der Waals surface area contributed by atoms with Crippen LogP contribution < -0.4 is 0 Å². The van der Waals surface area contributed by atoms with Crippen LogP contribution in [-0.2, 0) is 27.2 Å². The lowest BCUT2D eigenvalue weighted by atomic mass is 10.0. The van der Waals surface area contributed by atoms with Crippen molar-refractivity contribution in [2.45, 2.75) is 232 Å². The molecule has 2 N–H and O–H groups in total. The molecule has 10 heteroatoms. The van der Waals surface area contributed by atoms with Crippen LogP contribution in [0.15, 0.2) is 0 Å². The van der Waals surface area contributed by atoms with Gasteiger partial charge in [-0.15, -0.1) is 0 Å². The van der Waals surface area contributed by atoms with Crippen molar-refractivity contribution in [3.05, 3.63) is 0 Å². The van der Waals surface area contributed by atoms with E-state index < -0.39 is 15.6 Å². The van der Waals surface area contributed by atoms with Gasteiger partial charge in [-0.1, -0.05) is 206 Å². The molecule has 0 heterocycles. The van der Waals surface area contributed by atoms with Crippen LogP contribution >= 0.6 is 15.6 Å². The molecule has 0 radical (unpaired) electrons. The minimum Gasteiger partial charge on any atom is -0.302 e. The van der Waals surface area contributed by atoms with E-state index in [4.69, 9.17) is 18.1 Å². The molecular formula is C40H84O8P2. The van der Waals surface area contributed by atoms with E-state index in [1.165, 1.54) is 167 Å². The summed E-state index contributed by atoms with van der Waals surface area (Å²) in [5, 5.41) is 0. The van der Waals surface area contributed by atoms with Crippen molar-refractivity contribution in [3.8, 4) is 0 Å². The number of rotatable bonds is 43. The maximum Gasteiger partial charge on any atom is 0.472 e. The van der Waals surface area contributed by atoms with Gasteiger partial charge >= 0.3 is 15.6 Å². The molecule has 0 amide bonds. The minimum atomic E-state index is -4.08. The highest BCUT2D eigenvalue weighted by molar-refractivity contribution is 7.47. The minimum absolute atomic E-state index is 0.0197. The van der Waals surface area contributed by atoms with Crippen molar-refractivity contribution in [3.63, 3.8) is 0 Å². The predicted octanol–water partition coefficient (Wildman–Crippen LogP) is 14.6. The average Bonchev–Trinajstić information content (AvgIpc) is 3.09. The van der Waals surface area contributed by atoms with Gasteiger partial charge in [0.05, 0.1) is 26.4 Å². The van der Waals surface area contributed by atoms with Gasteiger partial charge in [0.2, 0.25) is 0 Å². The largest absolute Gasteiger partial charge is 0.472 e. The fraction of sp³-hybridized carbons (Fsp3) is 1.00. The van der Waals surface area contributed by atoms with Gasteiger partial charge in [-0.2, -0.15) is 0 Å². The third-order valence-electron chi connectivity index (χ3n) is 9.55. The van der Waals surface area contributed by atoms with E-state index in [0.29, 0.717) is 12.8 Å². The molecule has 0 aliphatic carbocycles. The van der Waals surface area contributed by atoms with E-state index in [-0.39, 0.29) is 26.4 Å². The SMILES string of the molecule is CCCCCCCCCCCCCCCCCCOP(=O)(O)OCCCCOP(=O)(O)OCCCCCCCCCCCCCCCCCC. The van der Waals surface area contributed by atoms with Crippen LogP contribution in [0, 0.1) is 0 Å². The summed E-state index contributed by atoms with van der Waals surface area (Å²) in [6.45, 7) is 4.99. The van der Waals surface area contributed by atoms with E-state index in [2.05, 4.69) is 13.8 Å². The van der Waals surface area contributed by atoms with Crippen LogP contribution in [0.25, 0.3) is 0 Å². The highest BCUT2D eigenvalue weighted by Crippen LogP contribution is 2.44. The fourth-order valence-corrected chi connectivity index (χ4v) is 7.89. The van der Waals surface area contributed by atoms with Crippen LogP contribution in [0.5, 0.6) is 0 Å². The second-order valence-electron chi connectivity index (χ2n) is 14.6. The fourth-order valence-electron chi connectivity index (χ4n) is 6.30. The van der Waals surface area contributed by atoms with Gasteiger partial charge in [-0.3, -0.25) is 18.1 Å². The van der Waals surface area contributed by atoms with Crippen LogP contribution in [0.3, 0.4) is 0 Å². The lowest BCUT2D eigenvalue weighted by Crippen LogP contribution is -2.02. The number of phosphoric ester groups is 2. The van der Waals surface area contributed by atoms with Gasteiger partial charge in [-0.05, 0) is 25.7 Å². The maximum absolute atomic E-state index is 12.1. The zero-order valence-corrected chi connectivity index (χ0v) is 34.9. The summed E-state index contributed by atoms with van der Waals surface area (Å²) in [5.74, 6) is 0. The molecular weight excluding hydrogens is 670 g/mol. The first-order valence-corrected chi connectivity index (χ1v) is 24.6. The van der Waals surface area contributed by atoms with Gasteiger partial charge in [0, 0.05) is 0 Å². The summed E-state index contributed by atoms with van der Waals surface area (Å²) in [5.41, 5.74) is 0. The Kier molecular flexibility index (Phi) is 39.1. The van der Waals surface area contributed by atoms with Gasteiger partial charge in [0.1, 0.15) is 0 Å². The normalized spacial score (nSPS) is 14.2. The Morgan fingerprint density at radius 1 is 0.280 bits per heavy atom. The average molecular weight is 755 g/mol. The molecule has 0 aliphatic rings. The predicted molar refractivity (Wildman–Crippen MR) is 212 cm³/mol. The first-order valence-electron chi connectivity index (χ1n) is 21.6. The van der Waals surface area contributed by atoms with E-state index in [1.54, 1.807) is 0 Å². The molecule has 0 bridgehead atoms. The topological polar surface area (TPSA) is 112 Å². The molecule has 8 nitrogen and oxygen atoms in total. The van der Waals surface area contributed by atoms with E-state index in [9.17, 15) is 18.9 Å². The summed E-state index contributed by atoms with van der Waals surface area (Å²) in [4.78, 5) is 19.8. The molecule has 302 valence electrons. The highest BCUT2D eigenvalue weighted by Gasteiger charge is 2.22. The van der Waals surface area contributed by atoms with E-state index >= 15 is 0 Å². The molecule has 2 atom stereocenters. The van der Waals surface area contributed by atoms with Gasteiger partial charge in [-0.25, -0.2) is 9.13 Å². The third-order valence-corrected chi connectivity index (χ3v) is 11.6. The van der Waals surface area contributed by atoms with E-state index in [0.717, 1.165) is 38.5 Å². The second kappa shape index (κ2) is 38.9. The van der Waals surface area contributed by atoms with Crippen molar-refractivity contribution in [1.29, 1.82) is 0 Å². The van der Waals surface area contributed by atoms with Gasteiger partial charge < -0.3 is 9.79 Å². The molecule has 50 heavy (non-hydrogen) atoms. The molecule has 0 aromatic rings. The number of hydrogen-bond donors (Lipinski definition) is 2. The number of unbranched alkanes of at least 4 members (excludes halogenated alkanes) is 31. The van der Waals surface area contributed by atoms with Crippen LogP contribution in [0.4, 0.5) is 0 Å². The summed E-state index contributed by atoms with van der Waals surface area (Å²) < 4.78 is 44.4. The Bertz CT molecular complexity index is 708. The Morgan fingerprint density at radius 3 is 0.600 bits per heavy atom. The molecule has 2 unspecified atom stereocenters. The lowest BCUT2D eigenvalue weighted by molar-refractivity contribution is 0.130. The van der Waals surface area contributed by atoms with Gasteiger partial charge in [0.25, 0.3) is 0 Å². The van der Waals surface area contributed by atoms with Crippen molar-refractivity contribution in [1.82, 2.24) is 0 Å². The van der Waals surface area contributed by atoms with Crippen molar-refractivity contribution < 1.29 is 37.0 Å². The zero-order valence-electron chi connectivity index (χ0n) is 33.1. The Hall–Kier alpha value is 0.220. The standard InChI is InChI=1S/C40H84O8P2/c1-3-5-7-9-11-13-15-17-19-21-23-25-27-29-31-33-37-45-49(41,42)47-39-35-36-40-48-50(43,44)46-38-34-32-30-28-26-24-22-20-18-16-14-12-10-8-6-4-2/h3-40H2,1-2H3,(H,41,42)(H,43,44). The molecule has 0 rings (SSSR count).